The molecule has 1 amide bonds. The number of aliphatic carboxylic acids is 1. The highest BCUT2D eigenvalue weighted by molar-refractivity contribution is 5.97. The number of carbonyl (C=O) groups excluding carboxylic acids is 1. The molecule has 2 bridgehead atoms. The number of nitriles is 1. The van der Waals surface area contributed by atoms with Crippen LogP contribution in [0.15, 0.2) is 18.2 Å². The molecule has 0 aromatic heterocycles. The fourth-order valence-corrected chi connectivity index (χ4v) is 4.33. The Morgan fingerprint density at radius 1 is 1.32 bits per heavy atom. The molecular weight excluding hydrogens is 381 g/mol. The van der Waals surface area contributed by atoms with Crippen molar-refractivity contribution >= 4 is 17.6 Å². The molecule has 3 rings (SSSR count). The van der Waals surface area contributed by atoms with Gasteiger partial charge in [-0.05, 0) is 32.0 Å². The fraction of sp³-hybridized carbons (Fsp3) is 0.500. The number of ether oxygens (including phenoxy) is 1. The molecule has 1 aromatic carbocycles. The van der Waals surface area contributed by atoms with Crippen LogP contribution in [-0.4, -0.2) is 39.4 Å². The Morgan fingerprint density at radius 2 is 1.96 bits per heavy atom. The third-order valence-electron chi connectivity index (χ3n) is 5.58. The van der Waals surface area contributed by atoms with Crippen LogP contribution in [0, 0.1) is 23.2 Å². The molecule has 150 valence electrons. The Morgan fingerprint density at radius 3 is 2.50 bits per heavy atom. The van der Waals surface area contributed by atoms with Crippen molar-refractivity contribution in [1.82, 2.24) is 0 Å². The summed E-state index contributed by atoms with van der Waals surface area (Å²) < 4.78 is 45.0. The summed E-state index contributed by atoms with van der Waals surface area (Å²) in [6.45, 7) is 2.90. The number of halogens is 3. The van der Waals surface area contributed by atoms with Gasteiger partial charge in [0.25, 0.3) is 0 Å². The van der Waals surface area contributed by atoms with Crippen LogP contribution in [0.4, 0.5) is 18.9 Å². The highest BCUT2D eigenvalue weighted by Gasteiger charge is 2.71. The van der Waals surface area contributed by atoms with Crippen molar-refractivity contribution in [3.63, 3.8) is 0 Å². The Balaban J connectivity index is 1.95. The number of hydrogen-bond donors (Lipinski definition) is 3. The van der Waals surface area contributed by atoms with Gasteiger partial charge in [0, 0.05) is 12.1 Å². The van der Waals surface area contributed by atoms with Crippen molar-refractivity contribution in [2.24, 2.45) is 11.8 Å². The molecule has 10 heteroatoms. The van der Waals surface area contributed by atoms with Gasteiger partial charge in [0.15, 0.2) is 0 Å². The summed E-state index contributed by atoms with van der Waals surface area (Å²) in [6, 6.07) is 4.09. The molecule has 0 aliphatic carbocycles. The van der Waals surface area contributed by atoms with E-state index in [0.29, 0.717) is 6.07 Å². The minimum atomic E-state index is -4.80. The summed E-state index contributed by atoms with van der Waals surface area (Å²) >= 11 is 0. The SMILES string of the molecule is CC12C[C@H](O)C(C)(O1)[C@H](C(=O)Nc1ccc(C#N)c(C(F)(F)F)c1)[C@@H]2C(=O)O. The number of nitrogens with one attached hydrogen (secondary N) is 1. The lowest BCUT2D eigenvalue weighted by Crippen LogP contribution is -2.54. The summed E-state index contributed by atoms with van der Waals surface area (Å²) in [5.74, 6) is -4.77. The third-order valence-corrected chi connectivity index (χ3v) is 5.58. The zero-order chi connectivity index (χ0) is 21.1. The van der Waals surface area contributed by atoms with E-state index in [1.165, 1.54) is 19.9 Å². The first kappa shape index (κ1) is 20.1. The van der Waals surface area contributed by atoms with Crippen molar-refractivity contribution in [3.8, 4) is 6.07 Å². The number of aliphatic hydroxyl groups excluding tert-OH is 1. The number of rotatable bonds is 3. The van der Waals surface area contributed by atoms with Crippen LogP contribution in [0.25, 0.3) is 0 Å². The number of fused-ring (bicyclic) bond motifs is 2. The van der Waals surface area contributed by atoms with Gasteiger partial charge in [0.05, 0.1) is 40.7 Å². The van der Waals surface area contributed by atoms with Gasteiger partial charge in [0.1, 0.15) is 5.60 Å². The summed E-state index contributed by atoms with van der Waals surface area (Å²) in [6.07, 6.45) is -5.88. The second-order valence-electron chi connectivity index (χ2n) is 7.47. The molecule has 2 aliphatic heterocycles. The fourth-order valence-electron chi connectivity index (χ4n) is 4.33. The highest BCUT2D eigenvalue weighted by Crippen LogP contribution is 2.57. The summed E-state index contributed by atoms with van der Waals surface area (Å²) in [7, 11) is 0. The first-order valence-corrected chi connectivity index (χ1v) is 8.37. The molecule has 2 aliphatic rings. The number of carboxylic acids is 1. The maximum absolute atomic E-state index is 13.1. The quantitative estimate of drug-likeness (QED) is 0.718. The minimum Gasteiger partial charge on any atom is -0.481 e. The first-order valence-electron chi connectivity index (χ1n) is 8.37. The number of amides is 1. The number of aliphatic hydroxyl groups is 1. The molecular formula is C18H17F3N2O5. The molecule has 2 unspecified atom stereocenters. The van der Waals surface area contributed by atoms with Gasteiger partial charge in [-0.2, -0.15) is 18.4 Å². The summed E-state index contributed by atoms with van der Waals surface area (Å²) in [5.41, 5.74) is -4.82. The second kappa shape index (κ2) is 6.18. The van der Waals surface area contributed by atoms with E-state index in [0.717, 1.165) is 12.1 Å². The van der Waals surface area contributed by atoms with Gasteiger partial charge in [-0.3, -0.25) is 9.59 Å². The van der Waals surface area contributed by atoms with Crippen LogP contribution in [-0.2, 0) is 20.5 Å². The lowest BCUT2D eigenvalue weighted by Gasteiger charge is -2.36. The van der Waals surface area contributed by atoms with E-state index < -0.39 is 58.3 Å². The van der Waals surface area contributed by atoms with E-state index in [9.17, 15) is 33.0 Å². The van der Waals surface area contributed by atoms with E-state index in [2.05, 4.69) is 5.32 Å². The smallest absolute Gasteiger partial charge is 0.417 e. The van der Waals surface area contributed by atoms with Crippen molar-refractivity contribution < 1.29 is 37.7 Å². The lowest BCUT2D eigenvalue weighted by molar-refractivity contribution is -0.151. The zero-order valence-electron chi connectivity index (χ0n) is 14.9. The molecule has 2 fully saturated rings. The molecule has 28 heavy (non-hydrogen) atoms. The van der Waals surface area contributed by atoms with Gasteiger partial charge < -0.3 is 20.3 Å². The van der Waals surface area contributed by atoms with Crippen molar-refractivity contribution in [2.75, 3.05) is 5.32 Å². The zero-order valence-corrected chi connectivity index (χ0v) is 14.9. The predicted molar refractivity (Wildman–Crippen MR) is 87.9 cm³/mol. The molecule has 5 atom stereocenters. The van der Waals surface area contributed by atoms with Crippen LogP contribution >= 0.6 is 0 Å². The summed E-state index contributed by atoms with van der Waals surface area (Å²) in [5, 5.41) is 31.0. The number of alkyl halides is 3. The molecule has 2 saturated heterocycles. The molecule has 3 N–H and O–H groups in total. The average Bonchev–Trinajstić information content (AvgIpc) is 2.95. The topological polar surface area (TPSA) is 120 Å². The lowest BCUT2D eigenvalue weighted by atomic mass is 9.66. The number of carbonyl (C=O) groups is 2. The van der Waals surface area contributed by atoms with E-state index in [1.54, 1.807) is 0 Å². The van der Waals surface area contributed by atoms with Crippen molar-refractivity contribution in [3.05, 3.63) is 29.3 Å². The van der Waals surface area contributed by atoms with E-state index in [4.69, 9.17) is 10.00 Å². The van der Waals surface area contributed by atoms with E-state index in [-0.39, 0.29) is 12.1 Å². The standard InChI is InChI=1S/C18H17F3N2O5/c1-16-6-11(24)17(2,28-16)12(13(16)15(26)27)14(25)23-9-4-3-8(7-22)10(5-9)18(19,20)21/h3-5,11-13,24H,6H2,1-2H3,(H,23,25)(H,26,27)/t11-,12-,13+,16?,17?/m0/s1. The minimum absolute atomic E-state index is 0.0271. The molecule has 0 radical (unpaired) electrons. The van der Waals surface area contributed by atoms with E-state index >= 15 is 0 Å². The Hall–Kier alpha value is -2.64. The first-order chi connectivity index (χ1) is 12.8. The molecule has 7 nitrogen and oxygen atoms in total. The van der Waals surface area contributed by atoms with Gasteiger partial charge in [0.2, 0.25) is 5.91 Å². The molecule has 0 spiro atoms. The maximum Gasteiger partial charge on any atom is 0.417 e. The molecule has 1 aromatic rings. The Labute approximate surface area is 157 Å². The van der Waals surface area contributed by atoms with Gasteiger partial charge >= 0.3 is 12.1 Å². The van der Waals surface area contributed by atoms with Gasteiger partial charge in [-0.25, -0.2) is 0 Å². The Bertz CT molecular complexity index is 896. The monoisotopic (exact) mass is 398 g/mol. The predicted octanol–water partition coefficient (Wildman–Crippen LogP) is 2.14. The van der Waals surface area contributed by atoms with Crippen LogP contribution < -0.4 is 5.32 Å². The largest absolute Gasteiger partial charge is 0.481 e. The summed E-state index contributed by atoms with van der Waals surface area (Å²) in [4.78, 5) is 24.6. The van der Waals surface area contributed by atoms with Crippen LogP contribution in [0.1, 0.15) is 31.4 Å². The third kappa shape index (κ3) is 2.91. The average molecular weight is 398 g/mol. The normalized spacial score (nSPS) is 34.1. The number of carboxylic acid groups (broad SMARTS) is 1. The van der Waals surface area contributed by atoms with Crippen LogP contribution in [0.3, 0.4) is 0 Å². The Kier molecular flexibility index (Phi) is 4.44. The number of hydrogen-bond acceptors (Lipinski definition) is 5. The van der Waals surface area contributed by atoms with Gasteiger partial charge in [-0.1, -0.05) is 0 Å². The number of nitrogens with zero attached hydrogens (tertiary/aromatic N) is 1. The van der Waals surface area contributed by atoms with Gasteiger partial charge in [-0.15, -0.1) is 0 Å². The second-order valence-corrected chi connectivity index (χ2v) is 7.47. The number of benzene rings is 1. The molecule has 0 saturated carbocycles. The highest BCUT2D eigenvalue weighted by atomic mass is 19.4. The van der Waals surface area contributed by atoms with Crippen molar-refractivity contribution in [1.29, 1.82) is 5.26 Å². The van der Waals surface area contributed by atoms with Crippen molar-refractivity contribution in [2.45, 2.75) is 43.8 Å². The van der Waals surface area contributed by atoms with Crippen LogP contribution in [0.2, 0.25) is 0 Å². The molecule has 2 heterocycles. The number of anilines is 1. The maximum atomic E-state index is 13.1. The van der Waals surface area contributed by atoms with Crippen LogP contribution in [0.5, 0.6) is 0 Å². The van der Waals surface area contributed by atoms with E-state index in [1.807, 2.05) is 0 Å².